The second kappa shape index (κ2) is 4.95. The second-order valence-corrected chi connectivity index (χ2v) is 4.94. The molecule has 18 heavy (non-hydrogen) atoms. The number of carbonyl (C=O) groups is 1. The molecule has 0 atom stereocenters. The molecule has 0 spiro atoms. The fourth-order valence-electron chi connectivity index (χ4n) is 1.86. The van der Waals surface area contributed by atoms with Gasteiger partial charge < -0.3 is 0 Å². The minimum absolute atomic E-state index is 0.0215. The van der Waals surface area contributed by atoms with Crippen molar-refractivity contribution in [2.75, 3.05) is 0 Å². The lowest BCUT2D eigenvalue weighted by Crippen LogP contribution is -2.03. The fourth-order valence-corrected chi connectivity index (χ4v) is 2.07. The van der Waals surface area contributed by atoms with Crippen molar-refractivity contribution in [2.45, 2.75) is 20.8 Å². The minimum atomic E-state index is -0.0215. The van der Waals surface area contributed by atoms with Crippen molar-refractivity contribution in [1.82, 2.24) is 0 Å². The Labute approximate surface area is 112 Å². The Morgan fingerprint density at radius 2 is 1.67 bits per heavy atom. The van der Waals surface area contributed by atoms with Crippen molar-refractivity contribution in [3.05, 3.63) is 69.2 Å². The molecule has 0 aliphatic carbocycles. The van der Waals surface area contributed by atoms with E-state index in [4.69, 9.17) is 11.6 Å². The summed E-state index contributed by atoms with van der Waals surface area (Å²) in [5.74, 6) is -0.0215. The summed E-state index contributed by atoms with van der Waals surface area (Å²) in [5, 5.41) is 0.542. The van der Waals surface area contributed by atoms with Crippen LogP contribution in [0.3, 0.4) is 0 Å². The van der Waals surface area contributed by atoms with Crippen molar-refractivity contribution < 1.29 is 4.79 Å². The predicted octanol–water partition coefficient (Wildman–Crippen LogP) is 4.50. The van der Waals surface area contributed by atoms with Gasteiger partial charge in [-0.3, -0.25) is 4.79 Å². The van der Waals surface area contributed by atoms with Crippen LogP contribution in [-0.4, -0.2) is 5.78 Å². The summed E-state index contributed by atoms with van der Waals surface area (Å²) in [5.41, 5.74) is 4.48. The van der Waals surface area contributed by atoms with E-state index >= 15 is 0 Å². The molecule has 0 saturated heterocycles. The van der Waals surface area contributed by atoms with E-state index in [2.05, 4.69) is 0 Å². The Kier molecular flexibility index (Phi) is 3.53. The first-order chi connectivity index (χ1) is 8.50. The molecule has 1 nitrogen and oxygen atoms in total. The van der Waals surface area contributed by atoms with E-state index in [1.165, 1.54) is 5.56 Å². The van der Waals surface area contributed by atoms with E-state index in [9.17, 15) is 4.79 Å². The molecule has 0 heterocycles. The van der Waals surface area contributed by atoms with Gasteiger partial charge in [-0.05, 0) is 49.6 Å². The zero-order valence-corrected chi connectivity index (χ0v) is 11.5. The Bertz CT molecular complexity index is 614. The maximum Gasteiger partial charge on any atom is 0.194 e. The molecule has 92 valence electrons. The summed E-state index contributed by atoms with van der Waals surface area (Å²) in [7, 11) is 0. The highest BCUT2D eigenvalue weighted by molar-refractivity contribution is 6.35. The van der Waals surface area contributed by atoms with Crippen molar-refractivity contribution in [3.63, 3.8) is 0 Å². The van der Waals surface area contributed by atoms with Crippen LogP contribution in [0, 0.1) is 20.8 Å². The molecule has 0 saturated carbocycles. The number of rotatable bonds is 2. The zero-order valence-electron chi connectivity index (χ0n) is 10.8. The number of benzene rings is 2. The molecule has 0 amide bonds. The second-order valence-electron chi connectivity index (χ2n) is 4.56. The molecule has 2 aromatic rings. The smallest absolute Gasteiger partial charge is 0.194 e. The van der Waals surface area contributed by atoms with E-state index < -0.39 is 0 Å². The maximum atomic E-state index is 12.4. The lowest BCUT2D eigenvalue weighted by molar-refractivity contribution is 0.103. The van der Waals surface area contributed by atoms with E-state index in [1.807, 2.05) is 51.1 Å². The van der Waals surface area contributed by atoms with E-state index in [1.54, 1.807) is 6.07 Å². The van der Waals surface area contributed by atoms with Crippen molar-refractivity contribution >= 4 is 17.4 Å². The monoisotopic (exact) mass is 258 g/mol. The molecular weight excluding hydrogens is 244 g/mol. The summed E-state index contributed by atoms with van der Waals surface area (Å²) in [6.07, 6.45) is 0. The predicted molar refractivity (Wildman–Crippen MR) is 75.5 cm³/mol. The quantitative estimate of drug-likeness (QED) is 0.725. The van der Waals surface area contributed by atoms with E-state index in [0.717, 1.165) is 11.1 Å². The number of ketones is 1. The van der Waals surface area contributed by atoms with Crippen LogP contribution in [0.5, 0.6) is 0 Å². The largest absolute Gasteiger partial charge is 0.289 e. The minimum Gasteiger partial charge on any atom is -0.289 e. The molecule has 0 unspecified atom stereocenters. The van der Waals surface area contributed by atoms with E-state index in [0.29, 0.717) is 16.1 Å². The third-order valence-corrected chi connectivity index (χ3v) is 3.71. The lowest BCUT2D eigenvalue weighted by atomic mass is 9.98. The highest BCUT2D eigenvalue weighted by atomic mass is 35.5. The van der Waals surface area contributed by atoms with Gasteiger partial charge >= 0.3 is 0 Å². The van der Waals surface area contributed by atoms with Gasteiger partial charge in [0.1, 0.15) is 0 Å². The SMILES string of the molecule is Cc1ccc(C(=O)c2cccc(C)c2Cl)cc1C. The van der Waals surface area contributed by atoms with Crippen LogP contribution in [0.1, 0.15) is 32.6 Å². The molecule has 0 aliphatic rings. The Balaban J connectivity index is 2.48. The van der Waals surface area contributed by atoms with Crippen LogP contribution in [0.4, 0.5) is 0 Å². The number of hydrogen-bond acceptors (Lipinski definition) is 1. The van der Waals surface area contributed by atoms with Gasteiger partial charge in [-0.25, -0.2) is 0 Å². The van der Waals surface area contributed by atoms with Crippen LogP contribution < -0.4 is 0 Å². The summed E-state index contributed by atoms with van der Waals surface area (Å²) in [6.45, 7) is 5.94. The Morgan fingerprint density at radius 1 is 0.944 bits per heavy atom. The summed E-state index contributed by atoms with van der Waals surface area (Å²) >= 11 is 6.19. The van der Waals surface area contributed by atoms with Crippen molar-refractivity contribution in [1.29, 1.82) is 0 Å². The van der Waals surface area contributed by atoms with Crippen LogP contribution in [-0.2, 0) is 0 Å². The normalized spacial score (nSPS) is 10.4. The molecule has 0 radical (unpaired) electrons. The number of carbonyl (C=O) groups excluding carboxylic acids is 1. The first kappa shape index (κ1) is 12.8. The zero-order chi connectivity index (χ0) is 13.3. The van der Waals surface area contributed by atoms with E-state index in [-0.39, 0.29) is 5.78 Å². The third-order valence-electron chi connectivity index (χ3n) is 3.21. The molecule has 0 aromatic heterocycles. The number of aryl methyl sites for hydroxylation is 3. The van der Waals surface area contributed by atoms with Crippen LogP contribution in [0.25, 0.3) is 0 Å². The van der Waals surface area contributed by atoms with Gasteiger partial charge in [0.25, 0.3) is 0 Å². The van der Waals surface area contributed by atoms with Gasteiger partial charge in [0.2, 0.25) is 0 Å². The number of hydrogen-bond donors (Lipinski definition) is 0. The maximum absolute atomic E-state index is 12.4. The third kappa shape index (κ3) is 2.32. The molecule has 0 fully saturated rings. The molecule has 0 bridgehead atoms. The standard InChI is InChI=1S/C16H15ClO/c1-10-7-8-13(9-12(10)3)16(18)14-6-4-5-11(2)15(14)17/h4-9H,1-3H3. The molecule has 0 N–H and O–H groups in total. The topological polar surface area (TPSA) is 17.1 Å². The first-order valence-electron chi connectivity index (χ1n) is 5.88. The lowest BCUT2D eigenvalue weighted by Gasteiger charge is -2.07. The fraction of sp³-hybridized carbons (Fsp3) is 0.188. The molecule has 0 aliphatic heterocycles. The van der Waals surface area contributed by atoms with Crippen molar-refractivity contribution in [3.8, 4) is 0 Å². The van der Waals surface area contributed by atoms with Gasteiger partial charge in [-0.1, -0.05) is 35.9 Å². The van der Waals surface area contributed by atoms with Gasteiger partial charge in [-0.15, -0.1) is 0 Å². The highest BCUT2D eigenvalue weighted by Gasteiger charge is 2.14. The number of halogens is 1. The van der Waals surface area contributed by atoms with Gasteiger partial charge in [0.05, 0.1) is 5.02 Å². The molecule has 2 aromatic carbocycles. The van der Waals surface area contributed by atoms with Crippen molar-refractivity contribution in [2.24, 2.45) is 0 Å². The molecule has 2 heteroatoms. The van der Waals surface area contributed by atoms with Gasteiger partial charge in [-0.2, -0.15) is 0 Å². The molecular formula is C16H15ClO. The highest BCUT2D eigenvalue weighted by Crippen LogP contribution is 2.23. The summed E-state index contributed by atoms with van der Waals surface area (Å²) in [6, 6.07) is 11.3. The van der Waals surface area contributed by atoms with Crippen LogP contribution in [0.2, 0.25) is 5.02 Å². The van der Waals surface area contributed by atoms with Gasteiger partial charge in [0, 0.05) is 11.1 Å². The molecule has 2 rings (SSSR count). The van der Waals surface area contributed by atoms with Crippen LogP contribution in [0.15, 0.2) is 36.4 Å². The van der Waals surface area contributed by atoms with Crippen LogP contribution >= 0.6 is 11.6 Å². The Hall–Kier alpha value is -1.60. The first-order valence-corrected chi connectivity index (χ1v) is 6.25. The Morgan fingerprint density at radius 3 is 2.33 bits per heavy atom. The summed E-state index contributed by atoms with van der Waals surface area (Å²) in [4.78, 5) is 12.4. The average molecular weight is 259 g/mol. The van der Waals surface area contributed by atoms with Gasteiger partial charge in [0.15, 0.2) is 5.78 Å². The average Bonchev–Trinajstić information content (AvgIpc) is 2.35. The summed E-state index contributed by atoms with van der Waals surface area (Å²) < 4.78 is 0.